The molecule has 3 aromatic rings. The van der Waals surface area contributed by atoms with Crippen molar-refractivity contribution in [3.63, 3.8) is 0 Å². The maximum Gasteiger partial charge on any atom is 0.338 e. The smallest absolute Gasteiger partial charge is 0.338 e. The minimum atomic E-state index is -0.560. The standard InChI is InChI=1S/C17H16FN5O2/c18-13-9-12(5-6-14(13)23-11-19-10-21-23)17(24)25-16-4-1-3-15(16)22-8-2-7-20-22/h2,5-11,15-16H,1,3-4H2/t15-,16-/m1/s1. The van der Waals surface area contributed by atoms with Gasteiger partial charge in [0.1, 0.15) is 30.3 Å². The van der Waals surface area contributed by atoms with Gasteiger partial charge >= 0.3 is 5.97 Å². The molecule has 0 amide bonds. The van der Waals surface area contributed by atoms with E-state index >= 15 is 0 Å². The predicted molar refractivity (Wildman–Crippen MR) is 85.6 cm³/mol. The lowest BCUT2D eigenvalue weighted by molar-refractivity contribution is 0.0209. The quantitative estimate of drug-likeness (QED) is 0.682. The average molecular weight is 341 g/mol. The number of halogens is 1. The minimum absolute atomic E-state index is 0.0261. The van der Waals surface area contributed by atoms with Crippen molar-refractivity contribution in [3.05, 3.63) is 60.7 Å². The Balaban J connectivity index is 1.50. The Labute approximate surface area is 143 Å². The Kier molecular flexibility index (Phi) is 4.01. The van der Waals surface area contributed by atoms with Crippen LogP contribution in [0.25, 0.3) is 5.69 Å². The van der Waals surface area contributed by atoms with Crippen LogP contribution in [0.15, 0.2) is 49.3 Å². The maximum atomic E-state index is 14.3. The third-order valence-electron chi connectivity index (χ3n) is 4.39. The molecule has 1 aromatic carbocycles. The van der Waals surface area contributed by atoms with E-state index in [1.54, 1.807) is 6.20 Å². The van der Waals surface area contributed by atoms with Crippen molar-refractivity contribution in [2.24, 2.45) is 0 Å². The molecule has 0 unspecified atom stereocenters. The third kappa shape index (κ3) is 3.02. The number of hydrogen-bond acceptors (Lipinski definition) is 5. The van der Waals surface area contributed by atoms with Gasteiger partial charge in [-0.15, -0.1) is 0 Å². The molecule has 2 atom stereocenters. The SMILES string of the molecule is O=C(O[C@@H]1CCC[C@H]1n1cccn1)c1ccc(-n2cncn2)c(F)c1. The molecule has 2 heterocycles. The van der Waals surface area contributed by atoms with Crippen molar-refractivity contribution in [2.45, 2.75) is 31.4 Å². The molecule has 0 radical (unpaired) electrons. The molecule has 0 aliphatic heterocycles. The Morgan fingerprint density at radius 1 is 1.28 bits per heavy atom. The highest BCUT2D eigenvalue weighted by Gasteiger charge is 2.32. The lowest BCUT2D eigenvalue weighted by atomic mass is 10.2. The van der Waals surface area contributed by atoms with E-state index in [1.807, 2.05) is 16.9 Å². The monoisotopic (exact) mass is 341 g/mol. The summed E-state index contributed by atoms with van der Waals surface area (Å²) in [5.74, 6) is -1.09. The molecule has 128 valence electrons. The van der Waals surface area contributed by atoms with E-state index < -0.39 is 11.8 Å². The van der Waals surface area contributed by atoms with Crippen LogP contribution in [0.1, 0.15) is 35.7 Å². The van der Waals surface area contributed by atoms with Gasteiger partial charge in [-0.2, -0.15) is 10.2 Å². The lowest BCUT2D eigenvalue weighted by Crippen LogP contribution is -2.25. The number of ether oxygens (including phenoxy) is 1. The summed E-state index contributed by atoms with van der Waals surface area (Å²) in [6, 6.07) is 6.05. The van der Waals surface area contributed by atoms with Crippen LogP contribution in [0.3, 0.4) is 0 Å². The zero-order valence-electron chi connectivity index (χ0n) is 13.3. The van der Waals surface area contributed by atoms with Crippen LogP contribution in [-0.2, 0) is 4.74 Å². The molecular formula is C17H16FN5O2. The summed E-state index contributed by atoms with van der Waals surface area (Å²) in [6.45, 7) is 0. The topological polar surface area (TPSA) is 74.8 Å². The summed E-state index contributed by atoms with van der Waals surface area (Å²) < 4.78 is 23.0. The van der Waals surface area contributed by atoms with E-state index in [9.17, 15) is 9.18 Å². The Hall–Kier alpha value is -3.03. The second-order valence-corrected chi connectivity index (χ2v) is 5.93. The molecule has 1 aliphatic carbocycles. The van der Waals surface area contributed by atoms with Crippen molar-refractivity contribution >= 4 is 5.97 Å². The maximum absolute atomic E-state index is 14.3. The summed E-state index contributed by atoms with van der Waals surface area (Å²) in [6.07, 6.45) is 8.65. The van der Waals surface area contributed by atoms with Gasteiger partial charge in [-0.1, -0.05) is 0 Å². The first-order chi connectivity index (χ1) is 12.2. The zero-order chi connectivity index (χ0) is 17.2. The molecular weight excluding hydrogens is 325 g/mol. The molecule has 0 saturated heterocycles. The largest absolute Gasteiger partial charge is 0.456 e. The van der Waals surface area contributed by atoms with Crippen LogP contribution >= 0.6 is 0 Å². The summed E-state index contributed by atoms with van der Waals surface area (Å²) in [7, 11) is 0. The molecule has 1 aliphatic rings. The number of rotatable bonds is 4. The van der Waals surface area contributed by atoms with Gasteiger partial charge in [-0.05, 0) is 43.5 Å². The molecule has 25 heavy (non-hydrogen) atoms. The molecule has 0 spiro atoms. The van der Waals surface area contributed by atoms with Crippen LogP contribution in [0, 0.1) is 5.82 Å². The highest BCUT2D eigenvalue weighted by molar-refractivity contribution is 5.89. The second-order valence-electron chi connectivity index (χ2n) is 5.93. The summed E-state index contributed by atoms with van der Waals surface area (Å²) in [5.41, 5.74) is 0.400. The summed E-state index contributed by atoms with van der Waals surface area (Å²) in [5, 5.41) is 8.12. The number of benzene rings is 1. The molecule has 8 heteroatoms. The number of hydrogen-bond donors (Lipinski definition) is 0. The van der Waals surface area contributed by atoms with Crippen molar-refractivity contribution < 1.29 is 13.9 Å². The Bertz CT molecular complexity index is 863. The highest BCUT2D eigenvalue weighted by Crippen LogP contribution is 2.32. The van der Waals surface area contributed by atoms with Crippen molar-refractivity contribution in [1.82, 2.24) is 24.5 Å². The number of nitrogens with zero attached hydrogens (tertiary/aromatic N) is 5. The van der Waals surface area contributed by atoms with Gasteiger partial charge in [-0.25, -0.2) is 18.9 Å². The number of esters is 1. The fraction of sp³-hybridized carbons (Fsp3) is 0.294. The van der Waals surface area contributed by atoms with E-state index in [4.69, 9.17) is 4.74 Å². The molecule has 7 nitrogen and oxygen atoms in total. The number of aromatic nitrogens is 5. The van der Waals surface area contributed by atoms with Gasteiger partial charge in [-0.3, -0.25) is 4.68 Å². The van der Waals surface area contributed by atoms with Crippen LogP contribution in [0.4, 0.5) is 4.39 Å². The molecule has 0 bridgehead atoms. The van der Waals surface area contributed by atoms with Crippen molar-refractivity contribution in [2.75, 3.05) is 0 Å². The zero-order valence-corrected chi connectivity index (χ0v) is 13.3. The summed E-state index contributed by atoms with van der Waals surface area (Å²) in [4.78, 5) is 16.2. The molecule has 1 saturated carbocycles. The Morgan fingerprint density at radius 2 is 2.20 bits per heavy atom. The normalized spacial score (nSPS) is 19.9. The van der Waals surface area contributed by atoms with Gasteiger partial charge in [0.15, 0.2) is 0 Å². The van der Waals surface area contributed by atoms with E-state index in [-0.39, 0.29) is 23.4 Å². The van der Waals surface area contributed by atoms with Gasteiger partial charge in [0, 0.05) is 12.4 Å². The van der Waals surface area contributed by atoms with Crippen LogP contribution < -0.4 is 0 Å². The Morgan fingerprint density at radius 3 is 2.92 bits per heavy atom. The van der Waals surface area contributed by atoms with Gasteiger partial charge in [0.05, 0.1) is 11.6 Å². The van der Waals surface area contributed by atoms with Gasteiger partial charge in [0.25, 0.3) is 0 Å². The van der Waals surface area contributed by atoms with E-state index in [0.717, 1.165) is 25.3 Å². The van der Waals surface area contributed by atoms with Gasteiger partial charge in [0.2, 0.25) is 0 Å². The van der Waals surface area contributed by atoms with Gasteiger partial charge < -0.3 is 4.74 Å². The first-order valence-electron chi connectivity index (χ1n) is 8.07. The minimum Gasteiger partial charge on any atom is -0.456 e. The predicted octanol–water partition coefficient (Wildman–Crippen LogP) is 2.55. The third-order valence-corrected chi connectivity index (χ3v) is 4.39. The lowest BCUT2D eigenvalue weighted by Gasteiger charge is -2.20. The fourth-order valence-corrected chi connectivity index (χ4v) is 3.18. The molecule has 0 N–H and O–H groups in total. The molecule has 4 rings (SSSR count). The summed E-state index contributed by atoms with van der Waals surface area (Å²) >= 11 is 0. The van der Waals surface area contributed by atoms with Crippen molar-refractivity contribution in [1.29, 1.82) is 0 Å². The average Bonchev–Trinajstić information content (AvgIpc) is 3.36. The second kappa shape index (κ2) is 6.46. The van der Waals surface area contributed by atoms with E-state index in [1.165, 1.54) is 29.5 Å². The van der Waals surface area contributed by atoms with E-state index in [0.29, 0.717) is 0 Å². The first-order valence-corrected chi connectivity index (χ1v) is 8.07. The van der Waals surface area contributed by atoms with Crippen LogP contribution in [-0.4, -0.2) is 36.6 Å². The van der Waals surface area contributed by atoms with E-state index in [2.05, 4.69) is 15.2 Å². The molecule has 1 fully saturated rings. The number of carbonyl (C=O) groups excluding carboxylic acids is 1. The number of carbonyl (C=O) groups is 1. The highest BCUT2D eigenvalue weighted by atomic mass is 19.1. The fourth-order valence-electron chi connectivity index (χ4n) is 3.18. The molecule has 2 aromatic heterocycles. The van der Waals surface area contributed by atoms with Crippen LogP contribution in [0.5, 0.6) is 0 Å². The van der Waals surface area contributed by atoms with Crippen LogP contribution in [0.2, 0.25) is 0 Å². The first kappa shape index (κ1) is 15.5. The van der Waals surface area contributed by atoms with Crippen molar-refractivity contribution in [3.8, 4) is 5.69 Å².